The summed E-state index contributed by atoms with van der Waals surface area (Å²) in [5.41, 5.74) is 0.913. The topological polar surface area (TPSA) is 72.8 Å². The summed E-state index contributed by atoms with van der Waals surface area (Å²) in [7, 11) is 0. The van der Waals surface area contributed by atoms with Crippen molar-refractivity contribution in [1.82, 2.24) is 10.2 Å². The second-order valence-electron chi connectivity index (χ2n) is 6.01. The first-order chi connectivity index (χ1) is 10.5. The highest BCUT2D eigenvalue weighted by atomic mass is 16.3. The first kappa shape index (κ1) is 16.6. The third-order valence-corrected chi connectivity index (χ3v) is 4.45. The van der Waals surface area contributed by atoms with Crippen LogP contribution in [-0.4, -0.2) is 39.8 Å². The SMILES string of the molecule is CCN(C(=O)NC1CCC(O)CC1)[C@H](C)c1cccc(O)c1. The van der Waals surface area contributed by atoms with Crippen LogP contribution < -0.4 is 5.32 Å². The Labute approximate surface area is 131 Å². The van der Waals surface area contributed by atoms with Crippen LogP contribution in [0.15, 0.2) is 24.3 Å². The number of rotatable bonds is 4. The first-order valence-corrected chi connectivity index (χ1v) is 8.05. The van der Waals surface area contributed by atoms with E-state index in [2.05, 4.69) is 5.32 Å². The molecule has 0 bridgehead atoms. The number of carbonyl (C=O) groups excluding carboxylic acids is 1. The highest BCUT2D eigenvalue weighted by Crippen LogP contribution is 2.24. The van der Waals surface area contributed by atoms with E-state index in [9.17, 15) is 15.0 Å². The Bertz CT molecular complexity index is 498. The van der Waals surface area contributed by atoms with Gasteiger partial charge in [0.05, 0.1) is 12.1 Å². The van der Waals surface area contributed by atoms with Crippen molar-refractivity contribution in [1.29, 1.82) is 0 Å². The van der Waals surface area contributed by atoms with Crippen LogP contribution in [0, 0.1) is 0 Å². The molecule has 0 aliphatic heterocycles. The van der Waals surface area contributed by atoms with Gasteiger partial charge in [-0.15, -0.1) is 0 Å². The lowest BCUT2D eigenvalue weighted by Crippen LogP contribution is -2.47. The largest absolute Gasteiger partial charge is 0.508 e. The summed E-state index contributed by atoms with van der Waals surface area (Å²) >= 11 is 0. The fourth-order valence-corrected chi connectivity index (χ4v) is 3.04. The second-order valence-corrected chi connectivity index (χ2v) is 6.01. The molecule has 1 aromatic carbocycles. The monoisotopic (exact) mass is 306 g/mol. The number of benzene rings is 1. The summed E-state index contributed by atoms with van der Waals surface area (Å²) in [6.07, 6.45) is 2.93. The molecule has 0 radical (unpaired) electrons. The predicted octanol–water partition coefficient (Wildman–Crippen LogP) is 2.79. The molecule has 1 aliphatic carbocycles. The van der Waals surface area contributed by atoms with Crippen LogP contribution in [0.25, 0.3) is 0 Å². The molecule has 1 aliphatic rings. The minimum atomic E-state index is -0.221. The van der Waals surface area contributed by atoms with Gasteiger partial charge in [-0.1, -0.05) is 12.1 Å². The van der Waals surface area contributed by atoms with E-state index in [1.165, 1.54) is 0 Å². The first-order valence-electron chi connectivity index (χ1n) is 8.05. The fraction of sp³-hybridized carbons (Fsp3) is 0.588. The fourth-order valence-electron chi connectivity index (χ4n) is 3.04. The Balaban J connectivity index is 1.99. The Morgan fingerprint density at radius 2 is 2.05 bits per heavy atom. The number of hydrogen-bond acceptors (Lipinski definition) is 3. The number of aliphatic hydroxyl groups excluding tert-OH is 1. The number of nitrogens with one attached hydrogen (secondary N) is 1. The molecule has 0 saturated heterocycles. The Morgan fingerprint density at radius 1 is 1.36 bits per heavy atom. The van der Waals surface area contributed by atoms with Gasteiger partial charge < -0.3 is 20.4 Å². The molecule has 1 aromatic rings. The molecular weight excluding hydrogens is 280 g/mol. The van der Waals surface area contributed by atoms with Crippen molar-refractivity contribution in [2.24, 2.45) is 0 Å². The van der Waals surface area contributed by atoms with Gasteiger partial charge in [0.25, 0.3) is 0 Å². The Morgan fingerprint density at radius 3 is 2.64 bits per heavy atom. The highest BCUT2D eigenvalue weighted by Gasteiger charge is 2.25. The average molecular weight is 306 g/mol. The van der Waals surface area contributed by atoms with Crippen molar-refractivity contribution in [3.8, 4) is 5.75 Å². The van der Waals surface area contributed by atoms with Crippen LogP contribution in [0.5, 0.6) is 5.75 Å². The van der Waals surface area contributed by atoms with E-state index in [4.69, 9.17) is 0 Å². The molecule has 0 heterocycles. The molecule has 1 fully saturated rings. The van der Waals surface area contributed by atoms with Crippen LogP contribution >= 0.6 is 0 Å². The van der Waals surface area contributed by atoms with E-state index in [0.717, 1.165) is 31.2 Å². The van der Waals surface area contributed by atoms with Gasteiger partial charge in [-0.25, -0.2) is 4.79 Å². The second kappa shape index (κ2) is 7.49. The van der Waals surface area contributed by atoms with Crippen LogP contribution in [0.1, 0.15) is 51.1 Å². The van der Waals surface area contributed by atoms with Crippen molar-refractivity contribution in [3.63, 3.8) is 0 Å². The van der Waals surface area contributed by atoms with E-state index in [-0.39, 0.29) is 30.0 Å². The number of aromatic hydroxyl groups is 1. The lowest BCUT2D eigenvalue weighted by molar-refractivity contribution is 0.114. The molecule has 5 heteroatoms. The van der Waals surface area contributed by atoms with Crippen molar-refractivity contribution in [2.45, 2.75) is 57.7 Å². The van der Waals surface area contributed by atoms with Crippen LogP contribution in [0.4, 0.5) is 4.79 Å². The molecule has 2 amide bonds. The van der Waals surface area contributed by atoms with E-state index >= 15 is 0 Å². The smallest absolute Gasteiger partial charge is 0.318 e. The maximum absolute atomic E-state index is 12.5. The van der Waals surface area contributed by atoms with Gasteiger partial charge in [-0.3, -0.25) is 0 Å². The summed E-state index contributed by atoms with van der Waals surface area (Å²) in [5.74, 6) is 0.210. The average Bonchev–Trinajstić information content (AvgIpc) is 2.50. The molecule has 0 aromatic heterocycles. The number of amides is 2. The lowest BCUT2D eigenvalue weighted by Gasteiger charge is -2.32. The predicted molar refractivity (Wildman–Crippen MR) is 85.7 cm³/mol. The summed E-state index contributed by atoms with van der Waals surface area (Å²) < 4.78 is 0. The highest BCUT2D eigenvalue weighted by molar-refractivity contribution is 5.75. The zero-order valence-corrected chi connectivity index (χ0v) is 13.3. The molecular formula is C17H26N2O3. The van der Waals surface area contributed by atoms with Crippen LogP contribution in [-0.2, 0) is 0 Å². The van der Waals surface area contributed by atoms with Gasteiger partial charge in [0.2, 0.25) is 0 Å². The Hall–Kier alpha value is -1.75. The van der Waals surface area contributed by atoms with Crippen LogP contribution in [0.2, 0.25) is 0 Å². The standard InChI is InChI=1S/C17H26N2O3/c1-3-19(12(2)13-5-4-6-16(21)11-13)17(22)18-14-7-9-15(20)10-8-14/h4-6,11-12,14-15,20-21H,3,7-10H2,1-2H3,(H,18,22)/t12-,14?,15?/m1/s1. The molecule has 2 rings (SSSR count). The van der Waals surface area contributed by atoms with Gasteiger partial charge in [0, 0.05) is 12.6 Å². The van der Waals surface area contributed by atoms with Crippen molar-refractivity contribution in [3.05, 3.63) is 29.8 Å². The maximum atomic E-state index is 12.5. The molecule has 22 heavy (non-hydrogen) atoms. The number of carbonyl (C=O) groups is 1. The molecule has 1 atom stereocenters. The molecule has 1 saturated carbocycles. The number of nitrogens with zero attached hydrogens (tertiary/aromatic N) is 1. The van der Waals surface area contributed by atoms with Gasteiger partial charge in [-0.2, -0.15) is 0 Å². The van der Waals surface area contributed by atoms with Gasteiger partial charge >= 0.3 is 6.03 Å². The summed E-state index contributed by atoms with van der Waals surface area (Å²) in [6, 6.07) is 6.97. The molecule has 5 nitrogen and oxygen atoms in total. The number of phenolic OH excluding ortho intramolecular Hbond substituents is 1. The van der Waals surface area contributed by atoms with Crippen LogP contribution in [0.3, 0.4) is 0 Å². The van der Waals surface area contributed by atoms with Crippen molar-refractivity contribution >= 4 is 6.03 Å². The number of urea groups is 1. The Kier molecular flexibility index (Phi) is 5.66. The normalized spacial score (nSPS) is 22.9. The summed E-state index contributed by atoms with van der Waals surface area (Å²) in [5, 5.41) is 22.2. The van der Waals surface area contributed by atoms with Gasteiger partial charge in [-0.05, 0) is 57.2 Å². The summed E-state index contributed by atoms with van der Waals surface area (Å²) in [4.78, 5) is 14.3. The van der Waals surface area contributed by atoms with Gasteiger partial charge in [0.1, 0.15) is 5.75 Å². The maximum Gasteiger partial charge on any atom is 0.318 e. The van der Waals surface area contributed by atoms with E-state index in [1.807, 2.05) is 19.9 Å². The van der Waals surface area contributed by atoms with E-state index < -0.39 is 0 Å². The minimum Gasteiger partial charge on any atom is -0.508 e. The third-order valence-electron chi connectivity index (χ3n) is 4.45. The van der Waals surface area contributed by atoms with Gasteiger partial charge in [0.15, 0.2) is 0 Å². The lowest BCUT2D eigenvalue weighted by atomic mass is 9.93. The number of aliphatic hydroxyl groups is 1. The molecule has 3 N–H and O–H groups in total. The van der Waals surface area contributed by atoms with Crippen molar-refractivity contribution in [2.75, 3.05) is 6.54 Å². The summed E-state index contributed by atoms with van der Waals surface area (Å²) in [6.45, 7) is 4.50. The minimum absolute atomic E-state index is 0.0836. The van der Waals surface area contributed by atoms with E-state index in [0.29, 0.717) is 6.54 Å². The zero-order valence-electron chi connectivity index (χ0n) is 13.3. The zero-order chi connectivity index (χ0) is 16.1. The van der Waals surface area contributed by atoms with E-state index in [1.54, 1.807) is 23.1 Å². The third kappa shape index (κ3) is 4.13. The number of hydrogen-bond donors (Lipinski definition) is 3. The van der Waals surface area contributed by atoms with Crippen molar-refractivity contribution < 1.29 is 15.0 Å². The molecule has 0 unspecified atom stereocenters. The molecule has 122 valence electrons. The number of phenols is 1. The molecule has 0 spiro atoms. The quantitative estimate of drug-likeness (QED) is 0.801.